The van der Waals surface area contributed by atoms with Crippen molar-refractivity contribution in [2.45, 2.75) is 6.42 Å². The topological polar surface area (TPSA) is 88.8 Å². The van der Waals surface area contributed by atoms with E-state index in [0.717, 1.165) is 22.7 Å². The van der Waals surface area contributed by atoms with Crippen LogP contribution in [0.1, 0.15) is 6.42 Å². The van der Waals surface area contributed by atoms with Gasteiger partial charge in [-0.2, -0.15) is 0 Å². The van der Waals surface area contributed by atoms with Crippen LogP contribution in [-0.2, 0) is 9.59 Å². The summed E-state index contributed by atoms with van der Waals surface area (Å²) >= 11 is 0. The summed E-state index contributed by atoms with van der Waals surface area (Å²) < 4.78 is 7.01. The average Bonchev–Trinajstić information content (AvgIpc) is 3.43. The first kappa shape index (κ1) is 19.7. The summed E-state index contributed by atoms with van der Waals surface area (Å²) in [5.41, 5.74) is 3.05. The number of fused-ring (bicyclic) bond motifs is 1. The highest BCUT2D eigenvalue weighted by molar-refractivity contribution is 6.03. The van der Waals surface area contributed by atoms with Crippen molar-refractivity contribution in [1.82, 2.24) is 14.4 Å². The number of aromatic nitrogens is 3. The molecular weight excluding hydrogens is 406 g/mol. The largest absolute Gasteiger partial charge is 0.497 e. The van der Waals surface area contributed by atoms with E-state index in [-0.39, 0.29) is 18.2 Å². The summed E-state index contributed by atoms with van der Waals surface area (Å²) in [6.45, 7) is 0.342. The van der Waals surface area contributed by atoms with Gasteiger partial charge in [-0.25, -0.2) is 9.97 Å². The average molecular weight is 427 g/mol. The third-order valence-corrected chi connectivity index (χ3v) is 5.54. The minimum Gasteiger partial charge on any atom is -0.497 e. The molecule has 0 spiro atoms. The zero-order valence-electron chi connectivity index (χ0n) is 17.4. The van der Waals surface area contributed by atoms with E-state index in [1.54, 1.807) is 30.3 Å². The highest BCUT2D eigenvalue weighted by Crippen LogP contribution is 2.28. The summed E-state index contributed by atoms with van der Waals surface area (Å²) in [5, 5.41) is 2.95. The van der Waals surface area contributed by atoms with E-state index in [4.69, 9.17) is 4.74 Å². The molecule has 1 saturated heterocycles. The number of amides is 2. The summed E-state index contributed by atoms with van der Waals surface area (Å²) in [4.78, 5) is 35.8. The Morgan fingerprint density at radius 3 is 2.78 bits per heavy atom. The fraction of sp³-hybridized carbons (Fsp3) is 0.167. The number of hydrogen-bond donors (Lipinski definition) is 1. The minimum absolute atomic E-state index is 0.0683. The van der Waals surface area contributed by atoms with E-state index in [1.807, 2.05) is 59.3 Å². The smallest absolute Gasteiger partial charge is 0.234 e. The lowest BCUT2D eigenvalue weighted by Gasteiger charge is -2.17. The van der Waals surface area contributed by atoms with Gasteiger partial charge in [0, 0.05) is 48.5 Å². The first-order valence-corrected chi connectivity index (χ1v) is 10.3. The maximum absolute atomic E-state index is 12.9. The summed E-state index contributed by atoms with van der Waals surface area (Å²) in [6.07, 6.45) is 5.65. The number of rotatable bonds is 5. The van der Waals surface area contributed by atoms with Crippen molar-refractivity contribution in [2.75, 3.05) is 23.9 Å². The molecule has 3 heterocycles. The van der Waals surface area contributed by atoms with E-state index >= 15 is 0 Å². The fourth-order valence-corrected chi connectivity index (χ4v) is 3.86. The van der Waals surface area contributed by atoms with Gasteiger partial charge in [-0.05, 0) is 42.5 Å². The molecule has 2 aromatic carbocycles. The van der Waals surface area contributed by atoms with Crippen LogP contribution in [-0.4, -0.2) is 39.8 Å². The molecular formula is C24H21N5O3. The predicted octanol–water partition coefficient (Wildman–Crippen LogP) is 3.40. The van der Waals surface area contributed by atoms with Crippen molar-refractivity contribution >= 4 is 29.0 Å². The molecule has 32 heavy (non-hydrogen) atoms. The number of nitrogens with zero attached hydrogens (tertiary/aromatic N) is 4. The lowest BCUT2D eigenvalue weighted by molar-refractivity contribution is -0.122. The molecule has 1 aliphatic heterocycles. The van der Waals surface area contributed by atoms with Crippen molar-refractivity contribution < 1.29 is 14.3 Å². The standard InChI is InChI=1S/C24H21N5O3/c1-32-20-8-6-19(7-9-20)29-14-17(13-22(29)30)23(31)26-18-5-2-4-16(12-18)21-15-28-11-3-10-25-24(28)27-21/h2-12,15,17H,13-14H2,1H3,(H,26,31)/t17-/m0/s1. The van der Waals surface area contributed by atoms with Crippen LogP contribution in [0, 0.1) is 5.92 Å². The number of imidazole rings is 1. The Labute approximate surface area is 184 Å². The van der Waals surface area contributed by atoms with Crippen molar-refractivity contribution in [3.05, 3.63) is 73.2 Å². The quantitative estimate of drug-likeness (QED) is 0.527. The molecule has 8 nitrogen and oxygen atoms in total. The molecule has 160 valence electrons. The van der Waals surface area contributed by atoms with Crippen LogP contribution in [0.15, 0.2) is 73.2 Å². The van der Waals surface area contributed by atoms with Crippen LogP contribution in [0.5, 0.6) is 5.75 Å². The first-order chi connectivity index (χ1) is 15.6. The summed E-state index contributed by atoms with van der Waals surface area (Å²) in [5.74, 6) is 0.660. The maximum atomic E-state index is 12.9. The van der Waals surface area contributed by atoms with Crippen LogP contribution < -0.4 is 15.0 Å². The van der Waals surface area contributed by atoms with Crippen LogP contribution in [0.4, 0.5) is 11.4 Å². The highest BCUT2D eigenvalue weighted by atomic mass is 16.5. The van der Waals surface area contributed by atoms with E-state index in [2.05, 4.69) is 15.3 Å². The second-order valence-corrected chi connectivity index (χ2v) is 7.63. The number of hydrogen-bond acceptors (Lipinski definition) is 5. The van der Waals surface area contributed by atoms with Gasteiger partial charge in [0.25, 0.3) is 0 Å². The zero-order valence-corrected chi connectivity index (χ0v) is 17.4. The van der Waals surface area contributed by atoms with E-state index in [9.17, 15) is 9.59 Å². The van der Waals surface area contributed by atoms with Gasteiger partial charge in [0.2, 0.25) is 17.6 Å². The van der Waals surface area contributed by atoms with Crippen molar-refractivity contribution in [2.24, 2.45) is 5.92 Å². The number of carbonyl (C=O) groups is 2. The van der Waals surface area contributed by atoms with Gasteiger partial charge in [0.15, 0.2) is 0 Å². The SMILES string of the molecule is COc1ccc(N2C[C@@H](C(=O)Nc3cccc(-c4cn5cccnc5n4)c3)CC2=O)cc1. The number of carbonyl (C=O) groups excluding carboxylic acids is 2. The fourth-order valence-electron chi connectivity index (χ4n) is 3.86. The van der Waals surface area contributed by atoms with Crippen molar-refractivity contribution in [3.63, 3.8) is 0 Å². The number of methoxy groups -OCH3 is 1. The summed E-state index contributed by atoms with van der Waals surface area (Å²) in [7, 11) is 1.59. The molecule has 1 aliphatic rings. The summed E-state index contributed by atoms with van der Waals surface area (Å²) in [6, 6.07) is 16.6. The van der Waals surface area contributed by atoms with Crippen LogP contribution >= 0.6 is 0 Å². The van der Waals surface area contributed by atoms with Crippen LogP contribution in [0.2, 0.25) is 0 Å². The monoisotopic (exact) mass is 427 g/mol. The molecule has 0 unspecified atom stereocenters. The van der Waals surface area contributed by atoms with Crippen molar-refractivity contribution in [3.8, 4) is 17.0 Å². The number of ether oxygens (including phenoxy) is 1. The molecule has 0 saturated carbocycles. The molecule has 2 amide bonds. The molecule has 2 aromatic heterocycles. The second kappa shape index (κ2) is 8.14. The Morgan fingerprint density at radius 2 is 2.00 bits per heavy atom. The third-order valence-electron chi connectivity index (χ3n) is 5.54. The number of anilines is 2. The van der Waals surface area contributed by atoms with Gasteiger partial charge in [0.1, 0.15) is 5.75 Å². The molecule has 0 bridgehead atoms. The molecule has 0 aliphatic carbocycles. The van der Waals surface area contributed by atoms with Gasteiger partial charge in [-0.1, -0.05) is 12.1 Å². The molecule has 0 radical (unpaired) electrons. The lowest BCUT2D eigenvalue weighted by atomic mass is 10.1. The second-order valence-electron chi connectivity index (χ2n) is 7.63. The molecule has 1 fully saturated rings. The molecule has 8 heteroatoms. The Morgan fingerprint density at radius 1 is 1.16 bits per heavy atom. The van der Waals surface area contributed by atoms with E-state index < -0.39 is 5.92 Å². The Balaban J connectivity index is 1.29. The first-order valence-electron chi connectivity index (χ1n) is 10.3. The number of benzene rings is 2. The molecule has 1 N–H and O–H groups in total. The van der Waals surface area contributed by atoms with Gasteiger partial charge >= 0.3 is 0 Å². The predicted molar refractivity (Wildman–Crippen MR) is 121 cm³/mol. The van der Waals surface area contributed by atoms with Gasteiger partial charge in [-0.15, -0.1) is 0 Å². The minimum atomic E-state index is -0.423. The van der Waals surface area contributed by atoms with Crippen LogP contribution in [0.3, 0.4) is 0 Å². The Hall–Kier alpha value is -4.20. The highest BCUT2D eigenvalue weighted by Gasteiger charge is 2.35. The van der Waals surface area contributed by atoms with E-state index in [1.165, 1.54) is 0 Å². The maximum Gasteiger partial charge on any atom is 0.234 e. The van der Waals surface area contributed by atoms with Crippen molar-refractivity contribution in [1.29, 1.82) is 0 Å². The van der Waals surface area contributed by atoms with Gasteiger partial charge in [0.05, 0.1) is 18.7 Å². The number of nitrogens with one attached hydrogen (secondary N) is 1. The molecule has 4 aromatic rings. The Kier molecular flexibility index (Phi) is 5.03. The zero-order chi connectivity index (χ0) is 22.1. The molecule has 1 atom stereocenters. The molecule has 5 rings (SSSR count). The van der Waals surface area contributed by atoms with Gasteiger partial charge in [-0.3, -0.25) is 14.0 Å². The van der Waals surface area contributed by atoms with Crippen LogP contribution in [0.25, 0.3) is 17.0 Å². The van der Waals surface area contributed by atoms with E-state index in [0.29, 0.717) is 18.0 Å². The lowest BCUT2D eigenvalue weighted by Crippen LogP contribution is -2.28. The normalized spacial score (nSPS) is 15.8. The Bertz CT molecular complexity index is 1270. The van der Waals surface area contributed by atoms with Gasteiger partial charge < -0.3 is 15.0 Å². The third kappa shape index (κ3) is 3.78.